The summed E-state index contributed by atoms with van der Waals surface area (Å²) >= 11 is 6.38. The van der Waals surface area contributed by atoms with E-state index >= 15 is 0 Å². The van der Waals surface area contributed by atoms with Crippen molar-refractivity contribution in [2.75, 3.05) is 4.90 Å². The van der Waals surface area contributed by atoms with Gasteiger partial charge in [0.05, 0.1) is 10.7 Å². The van der Waals surface area contributed by atoms with E-state index in [4.69, 9.17) is 17.3 Å². The molecule has 0 saturated carbocycles. The van der Waals surface area contributed by atoms with Gasteiger partial charge in [0.2, 0.25) is 0 Å². The fourth-order valence-electron chi connectivity index (χ4n) is 2.89. The van der Waals surface area contributed by atoms with Crippen LogP contribution in [0.2, 0.25) is 5.02 Å². The summed E-state index contributed by atoms with van der Waals surface area (Å²) in [4.78, 5) is 2.48. The second kappa shape index (κ2) is 5.28. The Morgan fingerprint density at radius 2 is 2.18 bits per heavy atom. The van der Waals surface area contributed by atoms with Crippen molar-refractivity contribution in [3.05, 3.63) is 28.8 Å². The second-order valence-electron chi connectivity index (χ2n) is 4.85. The van der Waals surface area contributed by atoms with Gasteiger partial charge in [-0.2, -0.15) is 0 Å². The molecule has 3 heteroatoms. The smallest absolute Gasteiger partial charge is 0.0643 e. The Morgan fingerprint density at radius 3 is 2.82 bits per heavy atom. The van der Waals surface area contributed by atoms with Crippen LogP contribution in [0.15, 0.2) is 18.2 Å². The molecular formula is C14H21ClN2. The first-order chi connectivity index (χ1) is 8.19. The van der Waals surface area contributed by atoms with E-state index in [1.807, 2.05) is 12.1 Å². The van der Waals surface area contributed by atoms with Gasteiger partial charge in [0.15, 0.2) is 0 Å². The van der Waals surface area contributed by atoms with Crippen molar-refractivity contribution in [2.24, 2.45) is 5.73 Å². The Hall–Kier alpha value is -0.730. The largest absolute Gasteiger partial charge is 0.364 e. The van der Waals surface area contributed by atoms with Crippen molar-refractivity contribution in [2.45, 2.75) is 51.7 Å². The highest BCUT2D eigenvalue weighted by molar-refractivity contribution is 6.33. The molecule has 0 radical (unpaired) electrons. The van der Waals surface area contributed by atoms with E-state index in [2.05, 4.69) is 24.8 Å². The van der Waals surface area contributed by atoms with Gasteiger partial charge >= 0.3 is 0 Å². The summed E-state index contributed by atoms with van der Waals surface area (Å²) in [5, 5.41) is 0.833. The minimum absolute atomic E-state index is 0.551. The summed E-state index contributed by atoms with van der Waals surface area (Å²) < 4.78 is 0. The molecule has 1 aromatic rings. The second-order valence-corrected chi connectivity index (χ2v) is 5.25. The van der Waals surface area contributed by atoms with Crippen LogP contribution in [0.25, 0.3) is 0 Å². The van der Waals surface area contributed by atoms with Crippen LogP contribution in [-0.2, 0) is 6.54 Å². The number of para-hydroxylation sites is 1. The van der Waals surface area contributed by atoms with E-state index in [0.29, 0.717) is 18.6 Å². The zero-order chi connectivity index (χ0) is 12.4. The summed E-state index contributed by atoms with van der Waals surface area (Å²) in [5.74, 6) is 0. The third-order valence-corrected chi connectivity index (χ3v) is 4.11. The number of anilines is 1. The third kappa shape index (κ3) is 2.29. The lowest BCUT2D eigenvalue weighted by atomic mass is 10.1. The quantitative estimate of drug-likeness (QED) is 0.891. The number of nitrogens with zero attached hydrogens (tertiary/aromatic N) is 1. The van der Waals surface area contributed by atoms with Crippen LogP contribution in [0.5, 0.6) is 0 Å². The van der Waals surface area contributed by atoms with E-state index in [9.17, 15) is 0 Å². The van der Waals surface area contributed by atoms with Gasteiger partial charge in [-0.05, 0) is 37.8 Å². The van der Waals surface area contributed by atoms with E-state index in [0.717, 1.165) is 16.3 Å². The molecule has 1 fully saturated rings. The summed E-state index contributed by atoms with van der Waals surface area (Å²) in [6, 6.07) is 7.20. The maximum atomic E-state index is 6.38. The molecule has 1 saturated heterocycles. The number of halogens is 1. The number of hydrogen-bond donors (Lipinski definition) is 1. The van der Waals surface area contributed by atoms with Crippen LogP contribution in [0.1, 0.15) is 38.7 Å². The van der Waals surface area contributed by atoms with Crippen molar-refractivity contribution in [3.8, 4) is 0 Å². The van der Waals surface area contributed by atoms with Crippen molar-refractivity contribution in [3.63, 3.8) is 0 Å². The molecule has 94 valence electrons. The van der Waals surface area contributed by atoms with Crippen molar-refractivity contribution in [1.82, 2.24) is 0 Å². The minimum Gasteiger partial charge on any atom is -0.364 e. The van der Waals surface area contributed by atoms with Gasteiger partial charge in [0.1, 0.15) is 0 Å². The molecule has 1 aromatic carbocycles. The molecule has 2 atom stereocenters. The van der Waals surface area contributed by atoms with Crippen LogP contribution in [-0.4, -0.2) is 12.1 Å². The summed E-state index contributed by atoms with van der Waals surface area (Å²) in [6.07, 6.45) is 3.67. The molecule has 0 aromatic heterocycles. The average molecular weight is 253 g/mol. The minimum atomic E-state index is 0.551. The lowest BCUT2D eigenvalue weighted by Gasteiger charge is -2.32. The van der Waals surface area contributed by atoms with Gasteiger partial charge in [0.25, 0.3) is 0 Å². The fourth-order valence-corrected chi connectivity index (χ4v) is 3.18. The van der Waals surface area contributed by atoms with E-state index in [-0.39, 0.29) is 0 Å². The Labute approximate surface area is 109 Å². The highest BCUT2D eigenvalue weighted by Crippen LogP contribution is 2.38. The molecule has 0 amide bonds. The number of rotatable bonds is 3. The van der Waals surface area contributed by atoms with E-state index in [1.54, 1.807) is 0 Å². The normalized spacial score (nSPS) is 24.4. The zero-order valence-electron chi connectivity index (χ0n) is 10.6. The molecule has 0 aliphatic carbocycles. The maximum absolute atomic E-state index is 6.38. The predicted molar refractivity (Wildman–Crippen MR) is 74.6 cm³/mol. The lowest BCUT2D eigenvalue weighted by Crippen LogP contribution is -2.35. The third-order valence-electron chi connectivity index (χ3n) is 3.81. The molecular weight excluding hydrogens is 232 g/mol. The predicted octanol–water partition coefficient (Wildman–Crippen LogP) is 3.57. The van der Waals surface area contributed by atoms with Crippen molar-refractivity contribution < 1.29 is 0 Å². The van der Waals surface area contributed by atoms with E-state index < -0.39 is 0 Å². The number of nitrogens with two attached hydrogens (primary N) is 1. The molecule has 17 heavy (non-hydrogen) atoms. The molecule has 0 bridgehead atoms. The Kier molecular flexibility index (Phi) is 3.95. The SMILES string of the molecule is CCC1CCC(C)N1c1c(Cl)cccc1CN. The van der Waals surface area contributed by atoms with Gasteiger partial charge in [0, 0.05) is 18.6 Å². The van der Waals surface area contributed by atoms with Crippen LogP contribution in [0.3, 0.4) is 0 Å². The van der Waals surface area contributed by atoms with Gasteiger partial charge in [-0.3, -0.25) is 0 Å². The fraction of sp³-hybridized carbons (Fsp3) is 0.571. The first kappa shape index (κ1) is 12.7. The Balaban J connectivity index is 2.44. The number of benzene rings is 1. The number of hydrogen-bond acceptors (Lipinski definition) is 2. The van der Waals surface area contributed by atoms with Gasteiger partial charge < -0.3 is 10.6 Å². The van der Waals surface area contributed by atoms with Crippen LogP contribution in [0, 0.1) is 0 Å². The monoisotopic (exact) mass is 252 g/mol. The molecule has 1 aliphatic rings. The zero-order valence-corrected chi connectivity index (χ0v) is 11.4. The molecule has 2 unspecified atom stereocenters. The first-order valence-corrected chi connectivity index (χ1v) is 6.82. The average Bonchev–Trinajstić information content (AvgIpc) is 2.70. The van der Waals surface area contributed by atoms with Gasteiger partial charge in [-0.1, -0.05) is 30.7 Å². The first-order valence-electron chi connectivity index (χ1n) is 6.44. The topological polar surface area (TPSA) is 29.3 Å². The van der Waals surface area contributed by atoms with Gasteiger partial charge in [-0.15, -0.1) is 0 Å². The van der Waals surface area contributed by atoms with Crippen LogP contribution in [0.4, 0.5) is 5.69 Å². The standard InChI is InChI=1S/C14H21ClN2/c1-3-12-8-7-10(2)17(12)14-11(9-16)5-4-6-13(14)15/h4-6,10,12H,3,7-9,16H2,1-2H3. The van der Waals surface area contributed by atoms with Crippen LogP contribution < -0.4 is 10.6 Å². The van der Waals surface area contributed by atoms with E-state index in [1.165, 1.54) is 19.3 Å². The van der Waals surface area contributed by atoms with Crippen molar-refractivity contribution in [1.29, 1.82) is 0 Å². The molecule has 0 spiro atoms. The molecule has 1 aliphatic heterocycles. The molecule has 2 nitrogen and oxygen atoms in total. The molecule has 1 heterocycles. The van der Waals surface area contributed by atoms with Gasteiger partial charge in [-0.25, -0.2) is 0 Å². The summed E-state index contributed by atoms with van der Waals surface area (Å²) in [5.41, 5.74) is 8.15. The highest BCUT2D eigenvalue weighted by atomic mass is 35.5. The summed E-state index contributed by atoms with van der Waals surface area (Å²) in [6.45, 7) is 5.07. The maximum Gasteiger partial charge on any atom is 0.0643 e. The van der Waals surface area contributed by atoms with Crippen molar-refractivity contribution >= 4 is 17.3 Å². The molecule has 2 rings (SSSR count). The summed E-state index contributed by atoms with van der Waals surface area (Å²) in [7, 11) is 0. The molecule has 2 N–H and O–H groups in total. The highest BCUT2D eigenvalue weighted by Gasteiger charge is 2.31. The Morgan fingerprint density at radius 1 is 1.41 bits per heavy atom. The lowest BCUT2D eigenvalue weighted by molar-refractivity contribution is 0.625. The van der Waals surface area contributed by atoms with Crippen LogP contribution >= 0.6 is 11.6 Å². The Bertz CT molecular complexity index is 392.